The second-order valence-electron chi connectivity index (χ2n) is 3.11. The van der Waals surface area contributed by atoms with Crippen LogP contribution in [0.25, 0.3) is 10.9 Å². The van der Waals surface area contributed by atoms with Gasteiger partial charge in [0, 0.05) is 23.2 Å². The number of carbonyl (C=O) groups excluding carboxylic acids is 1. The number of esters is 1. The summed E-state index contributed by atoms with van der Waals surface area (Å²) in [5.41, 5.74) is 1.37. The van der Waals surface area contributed by atoms with Crippen LogP contribution in [0.4, 0.5) is 0 Å². The molecule has 1 heterocycles. The SMILES string of the molecule is COC(=O)c1cc2cc[nH]c2cc1OC. The van der Waals surface area contributed by atoms with Crippen LogP contribution in [0.5, 0.6) is 5.75 Å². The second kappa shape index (κ2) is 3.65. The Balaban J connectivity index is 2.64. The Morgan fingerprint density at radius 2 is 2.13 bits per heavy atom. The third kappa shape index (κ3) is 1.54. The average molecular weight is 205 g/mol. The van der Waals surface area contributed by atoms with E-state index in [1.165, 1.54) is 14.2 Å². The standard InChI is InChI=1S/C11H11NO3/c1-14-10-6-9-7(3-4-12-9)5-8(10)11(13)15-2/h3-6,12H,1-2H3. The molecule has 1 N–H and O–H groups in total. The van der Waals surface area contributed by atoms with Gasteiger partial charge in [0.05, 0.1) is 14.2 Å². The molecule has 15 heavy (non-hydrogen) atoms. The topological polar surface area (TPSA) is 51.3 Å². The van der Waals surface area contributed by atoms with Gasteiger partial charge < -0.3 is 14.5 Å². The number of ether oxygens (including phenoxy) is 2. The van der Waals surface area contributed by atoms with Crippen LogP contribution in [0.15, 0.2) is 24.4 Å². The molecule has 4 nitrogen and oxygen atoms in total. The van der Waals surface area contributed by atoms with E-state index < -0.39 is 5.97 Å². The van der Waals surface area contributed by atoms with E-state index in [2.05, 4.69) is 9.72 Å². The largest absolute Gasteiger partial charge is 0.496 e. The lowest BCUT2D eigenvalue weighted by Gasteiger charge is -2.06. The molecule has 0 atom stereocenters. The van der Waals surface area contributed by atoms with Crippen LogP contribution in [0, 0.1) is 0 Å². The van der Waals surface area contributed by atoms with E-state index in [4.69, 9.17) is 4.74 Å². The molecule has 0 fully saturated rings. The van der Waals surface area contributed by atoms with Crippen molar-refractivity contribution in [2.75, 3.05) is 14.2 Å². The molecule has 0 saturated heterocycles. The van der Waals surface area contributed by atoms with Crippen LogP contribution >= 0.6 is 0 Å². The van der Waals surface area contributed by atoms with E-state index in [-0.39, 0.29) is 0 Å². The molecule has 0 aliphatic carbocycles. The second-order valence-corrected chi connectivity index (χ2v) is 3.11. The predicted octanol–water partition coefficient (Wildman–Crippen LogP) is 1.96. The van der Waals surface area contributed by atoms with Crippen LogP contribution in [-0.2, 0) is 4.74 Å². The first-order valence-corrected chi connectivity index (χ1v) is 4.49. The first-order chi connectivity index (χ1) is 7.26. The minimum atomic E-state index is -0.394. The highest BCUT2D eigenvalue weighted by Crippen LogP contribution is 2.25. The predicted molar refractivity (Wildman–Crippen MR) is 56.2 cm³/mol. The van der Waals surface area contributed by atoms with Crippen molar-refractivity contribution in [2.24, 2.45) is 0 Å². The van der Waals surface area contributed by atoms with Gasteiger partial charge in [-0.3, -0.25) is 0 Å². The van der Waals surface area contributed by atoms with Crippen LogP contribution < -0.4 is 4.74 Å². The first kappa shape index (κ1) is 9.58. The Kier molecular flexibility index (Phi) is 2.33. The van der Waals surface area contributed by atoms with Crippen molar-refractivity contribution in [3.05, 3.63) is 30.0 Å². The van der Waals surface area contributed by atoms with E-state index in [1.54, 1.807) is 12.1 Å². The summed E-state index contributed by atoms with van der Waals surface area (Å²) >= 11 is 0. The van der Waals surface area contributed by atoms with Crippen LogP contribution in [0.1, 0.15) is 10.4 Å². The number of carbonyl (C=O) groups is 1. The fraction of sp³-hybridized carbons (Fsp3) is 0.182. The van der Waals surface area contributed by atoms with Gasteiger partial charge in [-0.2, -0.15) is 0 Å². The van der Waals surface area contributed by atoms with Gasteiger partial charge >= 0.3 is 5.97 Å². The van der Waals surface area contributed by atoms with Gasteiger partial charge in [-0.25, -0.2) is 4.79 Å². The molecule has 1 aromatic carbocycles. The summed E-state index contributed by atoms with van der Waals surface area (Å²) in [6.07, 6.45) is 1.81. The van der Waals surface area contributed by atoms with E-state index >= 15 is 0 Å². The van der Waals surface area contributed by atoms with E-state index in [0.29, 0.717) is 11.3 Å². The Labute approximate surface area is 86.8 Å². The molecule has 2 aromatic rings. The first-order valence-electron chi connectivity index (χ1n) is 4.49. The highest BCUT2D eigenvalue weighted by Gasteiger charge is 2.13. The molecule has 0 aliphatic heterocycles. The molecular formula is C11H11NO3. The molecule has 0 spiro atoms. The molecule has 1 aromatic heterocycles. The summed E-state index contributed by atoms with van der Waals surface area (Å²) in [4.78, 5) is 14.5. The zero-order valence-corrected chi connectivity index (χ0v) is 8.53. The third-order valence-corrected chi connectivity index (χ3v) is 2.28. The van der Waals surface area contributed by atoms with Crippen LogP contribution in [-0.4, -0.2) is 25.2 Å². The van der Waals surface area contributed by atoms with E-state index in [9.17, 15) is 4.79 Å². The molecule has 0 aliphatic rings. The molecular weight excluding hydrogens is 194 g/mol. The summed E-state index contributed by atoms with van der Waals surface area (Å²) < 4.78 is 9.80. The summed E-state index contributed by atoms with van der Waals surface area (Å²) in [7, 11) is 2.87. The van der Waals surface area contributed by atoms with Crippen molar-refractivity contribution >= 4 is 16.9 Å². The van der Waals surface area contributed by atoms with Crippen molar-refractivity contribution in [2.45, 2.75) is 0 Å². The number of H-pyrrole nitrogens is 1. The van der Waals surface area contributed by atoms with Gasteiger partial charge in [0.1, 0.15) is 11.3 Å². The zero-order chi connectivity index (χ0) is 10.8. The van der Waals surface area contributed by atoms with Gasteiger partial charge in [-0.15, -0.1) is 0 Å². The molecule has 2 rings (SSSR count). The van der Waals surface area contributed by atoms with Crippen molar-refractivity contribution in [3.63, 3.8) is 0 Å². The van der Waals surface area contributed by atoms with Crippen molar-refractivity contribution in [1.82, 2.24) is 4.98 Å². The van der Waals surface area contributed by atoms with Crippen LogP contribution in [0.3, 0.4) is 0 Å². The zero-order valence-electron chi connectivity index (χ0n) is 8.53. The van der Waals surface area contributed by atoms with Gasteiger partial charge in [-0.05, 0) is 12.1 Å². The lowest BCUT2D eigenvalue weighted by atomic mass is 10.1. The van der Waals surface area contributed by atoms with Gasteiger partial charge in [0.2, 0.25) is 0 Å². The van der Waals surface area contributed by atoms with Gasteiger partial charge in [0.15, 0.2) is 0 Å². The molecule has 78 valence electrons. The maximum Gasteiger partial charge on any atom is 0.341 e. The third-order valence-electron chi connectivity index (χ3n) is 2.28. The minimum Gasteiger partial charge on any atom is -0.496 e. The number of hydrogen-bond donors (Lipinski definition) is 1. The molecule has 0 saturated carbocycles. The highest BCUT2D eigenvalue weighted by molar-refractivity contribution is 5.97. The molecule has 0 unspecified atom stereocenters. The number of hydrogen-bond acceptors (Lipinski definition) is 3. The fourth-order valence-corrected chi connectivity index (χ4v) is 1.52. The number of benzene rings is 1. The number of fused-ring (bicyclic) bond motifs is 1. The van der Waals surface area contributed by atoms with Crippen molar-refractivity contribution < 1.29 is 14.3 Å². The number of methoxy groups -OCH3 is 2. The molecule has 0 amide bonds. The van der Waals surface area contributed by atoms with Gasteiger partial charge in [0.25, 0.3) is 0 Å². The van der Waals surface area contributed by atoms with E-state index in [1.807, 2.05) is 12.3 Å². The quantitative estimate of drug-likeness (QED) is 0.762. The Morgan fingerprint density at radius 3 is 2.80 bits per heavy atom. The Morgan fingerprint density at radius 1 is 1.33 bits per heavy atom. The maximum absolute atomic E-state index is 11.4. The molecule has 4 heteroatoms. The summed E-state index contributed by atoms with van der Waals surface area (Å²) in [6, 6.07) is 5.42. The van der Waals surface area contributed by atoms with Crippen molar-refractivity contribution in [3.8, 4) is 5.75 Å². The van der Waals surface area contributed by atoms with Crippen LogP contribution in [0.2, 0.25) is 0 Å². The summed E-state index contributed by atoms with van der Waals surface area (Å²) in [5.74, 6) is 0.117. The number of nitrogens with one attached hydrogen (secondary N) is 1. The fourth-order valence-electron chi connectivity index (χ4n) is 1.52. The smallest absolute Gasteiger partial charge is 0.341 e. The molecule has 0 radical (unpaired) electrons. The summed E-state index contributed by atoms with van der Waals surface area (Å²) in [5, 5.41) is 0.955. The van der Waals surface area contributed by atoms with Gasteiger partial charge in [-0.1, -0.05) is 0 Å². The maximum atomic E-state index is 11.4. The highest BCUT2D eigenvalue weighted by atomic mass is 16.5. The minimum absolute atomic E-state index is 0.394. The van der Waals surface area contributed by atoms with Crippen molar-refractivity contribution in [1.29, 1.82) is 0 Å². The average Bonchev–Trinajstić information content (AvgIpc) is 2.73. The molecule has 0 bridgehead atoms. The number of aromatic nitrogens is 1. The summed E-state index contributed by atoms with van der Waals surface area (Å²) in [6.45, 7) is 0. The number of rotatable bonds is 2. The number of aromatic amines is 1. The normalized spacial score (nSPS) is 10.3. The van der Waals surface area contributed by atoms with E-state index in [0.717, 1.165) is 10.9 Å². The Bertz CT molecular complexity index is 502. The Hall–Kier alpha value is -1.97. The monoisotopic (exact) mass is 205 g/mol. The lowest BCUT2D eigenvalue weighted by Crippen LogP contribution is -2.03. The lowest BCUT2D eigenvalue weighted by molar-refractivity contribution is 0.0597.